The first-order valence-corrected chi connectivity index (χ1v) is 26.3. The number of rotatable bonds is 11. The maximum absolute atomic E-state index is 5.17. The van der Waals surface area contributed by atoms with E-state index in [-0.39, 0.29) is 0 Å². The normalized spacial score (nSPS) is 16.9. The Balaban J connectivity index is 1.12. The largest absolute Gasteiger partial charge is 0.344 e. The van der Waals surface area contributed by atoms with Crippen molar-refractivity contribution in [1.29, 1.82) is 0 Å². The van der Waals surface area contributed by atoms with Crippen molar-refractivity contribution in [3.05, 3.63) is 330 Å². The molecule has 0 spiro atoms. The average molecular weight is 975 g/mol. The van der Waals surface area contributed by atoms with Gasteiger partial charge in [-0.2, -0.15) is 0 Å². The van der Waals surface area contributed by atoms with E-state index in [1.165, 1.54) is 54.6 Å². The van der Waals surface area contributed by atoms with E-state index < -0.39 is 5.41 Å². The Morgan fingerprint density at radius 1 is 0.526 bits per heavy atom. The monoisotopic (exact) mass is 974 g/mol. The second kappa shape index (κ2) is 20.4. The third kappa shape index (κ3) is 8.35. The molecule has 10 aromatic rings. The Morgan fingerprint density at radius 3 is 1.78 bits per heavy atom. The molecule has 0 radical (unpaired) electrons. The second-order valence-electron chi connectivity index (χ2n) is 19.7. The lowest BCUT2D eigenvalue weighted by Crippen LogP contribution is -2.31. The lowest BCUT2D eigenvalue weighted by atomic mass is 9.66. The molecule has 2 aliphatic rings. The number of hydrogen-bond acceptors (Lipinski definition) is 2. The first kappa shape index (κ1) is 47.5. The maximum atomic E-state index is 5.17. The number of benzene rings is 10. The van der Waals surface area contributed by atoms with E-state index in [4.69, 9.17) is 13.2 Å². The summed E-state index contributed by atoms with van der Waals surface area (Å²) >= 11 is 0. The van der Waals surface area contributed by atoms with Crippen LogP contribution in [0.2, 0.25) is 0 Å². The van der Waals surface area contributed by atoms with Crippen LogP contribution in [0, 0.1) is 0 Å². The number of hydrogen-bond donors (Lipinski definition) is 0. The topological polar surface area (TPSA) is 6.48 Å². The number of nitrogens with zero attached hydrogens (tertiary/aromatic N) is 2. The Bertz CT molecular complexity index is 4040. The first-order chi connectivity index (χ1) is 37.4. The van der Waals surface area contributed by atoms with Crippen LogP contribution in [-0.4, -0.2) is 7.05 Å². The first-order valence-electron chi connectivity index (χ1n) is 26.3. The van der Waals surface area contributed by atoms with Gasteiger partial charge < -0.3 is 9.80 Å². The second-order valence-corrected chi connectivity index (χ2v) is 19.7. The van der Waals surface area contributed by atoms with Crippen molar-refractivity contribution >= 4 is 61.6 Å². The molecule has 2 heteroatoms. The fraction of sp³-hybridized carbons (Fsp3) is 0.0541. The molecule has 2 aliphatic carbocycles. The fourth-order valence-corrected chi connectivity index (χ4v) is 11.8. The molecule has 0 aliphatic heterocycles. The van der Waals surface area contributed by atoms with E-state index in [9.17, 15) is 0 Å². The Hall–Kier alpha value is -9.50. The van der Waals surface area contributed by atoms with E-state index in [0.717, 1.165) is 73.5 Å². The van der Waals surface area contributed by atoms with Crippen molar-refractivity contribution in [1.82, 2.24) is 0 Å². The Kier molecular flexibility index (Phi) is 12.8. The third-order valence-electron chi connectivity index (χ3n) is 15.3. The van der Waals surface area contributed by atoms with Gasteiger partial charge in [-0.25, -0.2) is 0 Å². The highest BCUT2D eigenvalue weighted by Gasteiger charge is 2.48. The van der Waals surface area contributed by atoms with Gasteiger partial charge in [-0.1, -0.05) is 220 Å². The van der Waals surface area contributed by atoms with Gasteiger partial charge in [-0.3, -0.25) is 0 Å². The summed E-state index contributed by atoms with van der Waals surface area (Å²) in [5.41, 5.74) is 16.9. The van der Waals surface area contributed by atoms with Crippen LogP contribution in [0.25, 0.3) is 55.4 Å². The highest BCUT2D eigenvalue weighted by atomic mass is 15.1. The predicted molar refractivity (Wildman–Crippen MR) is 326 cm³/mol. The minimum absolute atomic E-state index is 0.835. The molecular formula is C74H58N2. The molecule has 0 aromatic heterocycles. The van der Waals surface area contributed by atoms with Crippen molar-refractivity contribution < 1.29 is 0 Å². The summed E-state index contributed by atoms with van der Waals surface area (Å²) in [7, 11) is 2.20. The van der Waals surface area contributed by atoms with Crippen molar-refractivity contribution in [3.63, 3.8) is 0 Å². The number of allylic oxidation sites excluding steroid dienone is 10. The number of anilines is 5. The Labute approximate surface area is 447 Å². The molecule has 0 saturated carbocycles. The zero-order valence-electron chi connectivity index (χ0n) is 43.1. The van der Waals surface area contributed by atoms with Crippen LogP contribution >= 0.6 is 0 Å². The molecule has 12 rings (SSSR count). The van der Waals surface area contributed by atoms with Gasteiger partial charge in [0, 0.05) is 35.5 Å². The molecule has 10 aromatic carbocycles. The summed E-state index contributed by atoms with van der Waals surface area (Å²) in [5.74, 6) is 0. The van der Waals surface area contributed by atoms with Crippen molar-refractivity contribution in [2.24, 2.45) is 0 Å². The molecule has 0 bridgehead atoms. The van der Waals surface area contributed by atoms with Crippen molar-refractivity contribution in [3.8, 4) is 22.3 Å². The molecule has 364 valence electrons. The standard InChI is InChI=1S/C74H58N2/c1-5-6-11-27-53(3)74(68-39-24-25-40-71(68)75(4)59-43-45-62(46-44-59)76(60-32-14-9-15-33-60)61-34-16-10-17-35-61)69-50-57(72-52(2)26-12-7-8-13-28-54-29-18-21-36-63(54)72)41-47-66(69)67-48-42-58(51-70(67)74)73-64-37-22-19-30-55(64)49-56-31-20-23-38-65(56)73/h5-12,14-51H,2-3,13H2,1,4H3/b6-5-,8-7-,26-12-,27-11-,54-28-,72-63+. The molecule has 0 amide bonds. The molecule has 0 fully saturated rings. The summed E-state index contributed by atoms with van der Waals surface area (Å²) in [6.45, 7) is 12.0. The minimum Gasteiger partial charge on any atom is -0.344 e. The quantitative estimate of drug-likeness (QED) is 0.0941. The van der Waals surface area contributed by atoms with Crippen molar-refractivity contribution in [2.45, 2.75) is 18.8 Å². The zero-order chi connectivity index (χ0) is 51.6. The van der Waals surface area contributed by atoms with Gasteiger partial charge in [-0.05, 0) is 179 Å². The lowest BCUT2D eigenvalue weighted by Gasteiger charge is -2.38. The van der Waals surface area contributed by atoms with Crippen LogP contribution in [-0.2, 0) is 5.41 Å². The molecule has 1 unspecified atom stereocenters. The molecule has 2 nitrogen and oxygen atoms in total. The summed E-state index contributed by atoms with van der Waals surface area (Å²) in [4.78, 5) is 4.66. The fourth-order valence-electron chi connectivity index (χ4n) is 11.8. The van der Waals surface area contributed by atoms with Crippen LogP contribution < -0.4 is 20.2 Å². The van der Waals surface area contributed by atoms with Crippen molar-refractivity contribution in [2.75, 3.05) is 16.8 Å². The van der Waals surface area contributed by atoms with Crippen LogP contribution in [0.5, 0.6) is 0 Å². The summed E-state index contributed by atoms with van der Waals surface area (Å²) in [6, 6.07) is 82.1. The van der Waals surface area contributed by atoms with Gasteiger partial charge in [0.1, 0.15) is 0 Å². The minimum atomic E-state index is -0.876. The van der Waals surface area contributed by atoms with Crippen LogP contribution in [0.3, 0.4) is 0 Å². The van der Waals surface area contributed by atoms with Gasteiger partial charge in [-0.15, -0.1) is 0 Å². The maximum Gasteiger partial charge on any atom is 0.0728 e. The summed E-state index contributed by atoms with van der Waals surface area (Å²) in [5, 5.41) is 7.23. The smallest absolute Gasteiger partial charge is 0.0728 e. The van der Waals surface area contributed by atoms with Gasteiger partial charge in [0.15, 0.2) is 0 Å². The Morgan fingerprint density at radius 2 is 1.09 bits per heavy atom. The third-order valence-corrected chi connectivity index (χ3v) is 15.3. The highest BCUT2D eigenvalue weighted by Crippen LogP contribution is 2.60. The highest BCUT2D eigenvalue weighted by molar-refractivity contribution is 6.13. The number of para-hydroxylation sites is 3. The van der Waals surface area contributed by atoms with Gasteiger partial charge >= 0.3 is 0 Å². The van der Waals surface area contributed by atoms with Crippen LogP contribution in [0.1, 0.15) is 35.6 Å². The van der Waals surface area contributed by atoms with E-state index in [1.54, 1.807) is 0 Å². The van der Waals surface area contributed by atoms with E-state index in [1.807, 2.05) is 0 Å². The molecule has 0 N–H and O–H groups in total. The predicted octanol–water partition coefficient (Wildman–Crippen LogP) is 18.0. The molecule has 1 atom stereocenters. The van der Waals surface area contributed by atoms with Crippen LogP contribution in [0.15, 0.2) is 297 Å². The molecular weight excluding hydrogens is 917 g/mol. The molecule has 76 heavy (non-hydrogen) atoms. The average Bonchev–Trinajstić information content (AvgIpc) is 4.02. The number of fused-ring (bicyclic) bond motifs is 6. The van der Waals surface area contributed by atoms with E-state index in [2.05, 4.69) is 303 Å². The van der Waals surface area contributed by atoms with Gasteiger partial charge in [0.2, 0.25) is 0 Å². The summed E-state index contributed by atoms with van der Waals surface area (Å²) < 4.78 is 0. The molecule has 0 saturated heterocycles. The zero-order valence-corrected chi connectivity index (χ0v) is 43.1. The summed E-state index contributed by atoms with van der Waals surface area (Å²) in [6.07, 6.45) is 20.3. The van der Waals surface area contributed by atoms with E-state index in [0.29, 0.717) is 0 Å². The lowest BCUT2D eigenvalue weighted by molar-refractivity contribution is 0.768. The molecule has 0 heterocycles. The van der Waals surface area contributed by atoms with Gasteiger partial charge in [0.25, 0.3) is 0 Å². The van der Waals surface area contributed by atoms with Crippen LogP contribution in [0.4, 0.5) is 28.4 Å². The SMILES string of the molecule is C=C1/C=C\C=C/C/C=c2/cccc/c2=C/1c1ccc2c(c1)C(C(=C)/C=C\C=C/C)(c1ccccc1N(C)c1ccc(N(c3ccccc3)c3ccccc3)cc1)c1cc(-c3c4ccccc4cc4ccccc34)ccc1-2. The van der Waals surface area contributed by atoms with E-state index >= 15 is 0 Å². The van der Waals surface area contributed by atoms with Gasteiger partial charge in [0.05, 0.1) is 5.41 Å².